The Balaban J connectivity index is 1.94. The number of rotatable bonds is 4. The molecular formula is C16H21N3. The molecule has 1 heterocycles. The van der Waals surface area contributed by atoms with Gasteiger partial charge in [-0.3, -0.25) is 0 Å². The predicted octanol–water partition coefficient (Wildman–Crippen LogP) is 3.68. The highest BCUT2D eigenvalue weighted by Crippen LogP contribution is 2.29. The summed E-state index contributed by atoms with van der Waals surface area (Å²) in [5.41, 5.74) is 3.76. The normalized spacial score (nSPS) is 16.4. The van der Waals surface area contributed by atoms with E-state index in [1.807, 2.05) is 0 Å². The van der Waals surface area contributed by atoms with Gasteiger partial charge >= 0.3 is 0 Å². The molecule has 100 valence electrons. The zero-order chi connectivity index (χ0) is 13.4. The number of imidazole rings is 1. The Labute approximate surface area is 114 Å². The van der Waals surface area contributed by atoms with Crippen LogP contribution in [0.4, 0.5) is 5.95 Å². The minimum Gasteiger partial charge on any atom is -0.353 e. The van der Waals surface area contributed by atoms with Gasteiger partial charge in [0.1, 0.15) is 0 Å². The summed E-state index contributed by atoms with van der Waals surface area (Å²) in [4.78, 5) is 4.62. The maximum atomic E-state index is 4.62. The summed E-state index contributed by atoms with van der Waals surface area (Å²) in [5, 5.41) is 3.53. The number of nitrogens with one attached hydrogen (secondary N) is 1. The molecule has 0 aliphatic heterocycles. The quantitative estimate of drug-likeness (QED) is 0.903. The number of hydrogen-bond donors (Lipinski definition) is 1. The molecule has 19 heavy (non-hydrogen) atoms. The number of aryl methyl sites for hydroxylation is 2. The third-order valence-corrected chi connectivity index (χ3v) is 3.82. The molecule has 1 aromatic heterocycles. The van der Waals surface area contributed by atoms with Crippen molar-refractivity contribution < 1.29 is 0 Å². The molecule has 1 fully saturated rings. The SMILES string of the molecule is Cc1cn(C(C)c2ccccc2C)c(NC2CC2)n1. The fraction of sp³-hybridized carbons (Fsp3) is 0.438. The summed E-state index contributed by atoms with van der Waals surface area (Å²) in [5.74, 6) is 1.01. The molecule has 0 radical (unpaired) electrons. The molecule has 2 aromatic rings. The van der Waals surface area contributed by atoms with Crippen molar-refractivity contribution in [3.8, 4) is 0 Å². The van der Waals surface area contributed by atoms with E-state index in [2.05, 4.69) is 66.1 Å². The van der Waals surface area contributed by atoms with Crippen LogP contribution in [-0.4, -0.2) is 15.6 Å². The van der Waals surface area contributed by atoms with Crippen LogP contribution >= 0.6 is 0 Å². The van der Waals surface area contributed by atoms with E-state index in [4.69, 9.17) is 0 Å². The first-order chi connectivity index (χ1) is 9.15. The van der Waals surface area contributed by atoms with Crippen LogP contribution in [0, 0.1) is 13.8 Å². The monoisotopic (exact) mass is 255 g/mol. The minimum absolute atomic E-state index is 0.309. The molecule has 1 aromatic carbocycles. The smallest absolute Gasteiger partial charge is 0.203 e. The molecule has 1 N–H and O–H groups in total. The third-order valence-electron chi connectivity index (χ3n) is 3.82. The molecule has 0 bridgehead atoms. The molecule has 0 spiro atoms. The number of aromatic nitrogens is 2. The number of benzene rings is 1. The van der Waals surface area contributed by atoms with Gasteiger partial charge in [-0.1, -0.05) is 24.3 Å². The van der Waals surface area contributed by atoms with Crippen molar-refractivity contribution in [1.29, 1.82) is 0 Å². The maximum absolute atomic E-state index is 4.62. The highest BCUT2D eigenvalue weighted by atomic mass is 15.2. The Bertz CT molecular complexity index is 581. The van der Waals surface area contributed by atoms with E-state index in [1.165, 1.54) is 24.0 Å². The summed E-state index contributed by atoms with van der Waals surface area (Å²) in [6, 6.07) is 9.51. The van der Waals surface area contributed by atoms with Gasteiger partial charge in [-0.25, -0.2) is 4.98 Å². The molecule has 3 heteroatoms. The number of hydrogen-bond acceptors (Lipinski definition) is 2. The van der Waals surface area contributed by atoms with E-state index in [0.29, 0.717) is 12.1 Å². The summed E-state index contributed by atoms with van der Waals surface area (Å²) >= 11 is 0. The molecule has 1 saturated carbocycles. The average molecular weight is 255 g/mol. The van der Waals surface area contributed by atoms with Crippen molar-refractivity contribution in [2.75, 3.05) is 5.32 Å². The Hall–Kier alpha value is -1.77. The standard InChI is InChI=1S/C16H21N3/c1-11-6-4-5-7-15(11)13(3)19-10-12(2)17-16(19)18-14-8-9-14/h4-7,10,13-14H,8-9H2,1-3H3,(H,17,18). The summed E-state index contributed by atoms with van der Waals surface area (Å²) in [7, 11) is 0. The highest BCUT2D eigenvalue weighted by Gasteiger charge is 2.24. The lowest BCUT2D eigenvalue weighted by Crippen LogP contribution is -2.13. The second-order valence-corrected chi connectivity index (χ2v) is 5.56. The molecule has 1 atom stereocenters. The van der Waals surface area contributed by atoms with Gasteiger partial charge in [0, 0.05) is 12.2 Å². The Morgan fingerprint density at radius 2 is 2.00 bits per heavy atom. The van der Waals surface area contributed by atoms with Crippen molar-refractivity contribution in [1.82, 2.24) is 9.55 Å². The van der Waals surface area contributed by atoms with Crippen LogP contribution in [0.1, 0.15) is 42.6 Å². The van der Waals surface area contributed by atoms with Gasteiger partial charge in [0.25, 0.3) is 0 Å². The maximum Gasteiger partial charge on any atom is 0.203 e. The van der Waals surface area contributed by atoms with Gasteiger partial charge in [0.2, 0.25) is 5.95 Å². The molecule has 0 saturated heterocycles. The molecular weight excluding hydrogens is 234 g/mol. The summed E-state index contributed by atoms with van der Waals surface area (Å²) < 4.78 is 2.26. The molecule has 0 amide bonds. The first-order valence-corrected chi connectivity index (χ1v) is 7.02. The predicted molar refractivity (Wildman–Crippen MR) is 78.6 cm³/mol. The zero-order valence-electron chi connectivity index (χ0n) is 11.9. The van der Waals surface area contributed by atoms with Crippen molar-refractivity contribution in [3.63, 3.8) is 0 Å². The minimum atomic E-state index is 0.309. The van der Waals surface area contributed by atoms with E-state index in [0.717, 1.165) is 11.6 Å². The summed E-state index contributed by atoms with van der Waals surface area (Å²) in [6.45, 7) is 6.46. The highest BCUT2D eigenvalue weighted by molar-refractivity contribution is 5.37. The lowest BCUT2D eigenvalue weighted by atomic mass is 10.0. The summed E-state index contributed by atoms with van der Waals surface area (Å²) in [6.07, 6.45) is 4.68. The van der Waals surface area contributed by atoms with Crippen LogP contribution in [-0.2, 0) is 0 Å². The first-order valence-electron chi connectivity index (χ1n) is 7.02. The topological polar surface area (TPSA) is 29.9 Å². The zero-order valence-corrected chi connectivity index (χ0v) is 11.9. The molecule has 1 aliphatic carbocycles. The average Bonchev–Trinajstić information content (AvgIpc) is 3.12. The van der Waals surface area contributed by atoms with Crippen molar-refractivity contribution >= 4 is 5.95 Å². The van der Waals surface area contributed by atoms with Crippen LogP contribution in [0.15, 0.2) is 30.5 Å². The van der Waals surface area contributed by atoms with Gasteiger partial charge in [-0.05, 0) is 44.7 Å². The first kappa shape index (κ1) is 12.3. The van der Waals surface area contributed by atoms with E-state index in [1.54, 1.807) is 0 Å². The van der Waals surface area contributed by atoms with Crippen LogP contribution in [0.2, 0.25) is 0 Å². The van der Waals surface area contributed by atoms with Gasteiger partial charge in [0.05, 0.1) is 11.7 Å². The van der Waals surface area contributed by atoms with E-state index >= 15 is 0 Å². The number of nitrogens with zero attached hydrogens (tertiary/aromatic N) is 2. The Morgan fingerprint density at radius 3 is 2.68 bits per heavy atom. The lowest BCUT2D eigenvalue weighted by Gasteiger charge is -2.19. The van der Waals surface area contributed by atoms with Crippen molar-refractivity contribution in [2.24, 2.45) is 0 Å². The second-order valence-electron chi connectivity index (χ2n) is 5.56. The van der Waals surface area contributed by atoms with Crippen LogP contribution in [0.5, 0.6) is 0 Å². The van der Waals surface area contributed by atoms with Gasteiger partial charge < -0.3 is 9.88 Å². The second kappa shape index (κ2) is 4.72. The Kier molecular flexibility index (Phi) is 3.05. The fourth-order valence-corrected chi connectivity index (χ4v) is 2.53. The number of anilines is 1. The third kappa shape index (κ3) is 2.50. The van der Waals surface area contributed by atoms with E-state index in [-0.39, 0.29) is 0 Å². The largest absolute Gasteiger partial charge is 0.353 e. The lowest BCUT2D eigenvalue weighted by molar-refractivity contribution is 0.639. The fourth-order valence-electron chi connectivity index (χ4n) is 2.53. The molecule has 1 aliphatic rings. The van der Waals surface area contributed by atoms with E-state index < -0.39 is 0 Å². The van der Waals surface area contributed by atoms with Crippen LogP contribution < -0.4 is 5.32 Å². The Morgan fingerprint density at radius 1 is 1.26 bits per heavy atom. The van der Waals surface area contributed by atoms with Crippen molar-refractivity contribution in [3.05, 3.63) is 47.3 Å². The van der Waals surface area contributed by atoms with Crippen LogP contribution in [0.3, 0.4) is 0 Å². The molecule has 3 rings (SSSR count). The molecule has 3 nitrogen and oxygen atoms in total. The molecule has 1 unspecified atom stereocenters. The van der Waals surface area contributed by atoms with Gasteiger partial charge in [0.15, 0.2) is 0 Å². The van der Waals surface area contributed by atoms with Crippen molar-refractivity contribution in [2.45, 2.75) is 45.7 Å². The van der Waals surface area contributed by atoms with Crippen LogP contribution in [0.25, 0.3) is 0 Å². The van der Waals surface area contributed by atoms with Gasteiger partial charge in [-0.2, -0.15) is 0 Å². The van der Waals surface area contributed by atoms with E-state index in [9.17, 15) is 0 Å². The van der Waals surface area contributed by atoms with Gasteiger partial charge in [-0.15, -0.1) is 0 Å².